The first kappa shape index (κ1) is 20.7. The Morgan fingerprint density at radius 3 is 1.48 bits per heavy atom. The number of hydrogen-bond acceptors (Lipinski definition) is 0. The summed E-state index contributed by atoms with van der Waals surface area (Å²) in [7, 11) is -2.03. The van der Waals surface area contributed by atoms with Crippen molar-refractivity contribution in [3.63, 3.8) is 0 Å². The molecule has 4 aliphatic carbocycles. The number of fused-ring (bicyclic) bond motifs is 6. The van der Waals surface area contributed by atoms with Gasteiger partial charge in [-0.2, -0.15) is 0 Å². The highest BCUT2D eigenvalue weighted by Gasteiger charge is 2.61. The summed E-state index contributed by atoms with van der Waals surface area (Å²) in [5.74, 6) is 0. The average molecular weight is 445 g/mol. The van der Waals surface area contributed by atoms with Crippen molar-refractivity contribution < 1.29 is 0 Å². The van der Waals surface area contributed by atoms with Crippen LogP contribution in [0.4, 0.5) is 0 Å². The minimum Gasteiger partial charge on any atom is -0.0769 e. The predicted octanol–water partition coefficient (Wildman–Crippen LogP) is 9.10. The van der Waals surface area contributed by atoms with Gasteiger partial charge in [0.2, 0.25) is 0 Å². The van der Waals surface area contributed by atoms with E-state index in [2.05, 4.69) is 125 Å². The Morgan fingerprint density at radius 1 is 0.636 bits per heavy atom. The Hall–Kier alpha value is -2.90. The maximum absolute atomic E-state index is 2.56. The van der Waals surface area contributed by atoms with E-state index >= 15 is 0 Å². The third-order valence-electron chi connectivity index (χ3n) is 9.38. The molecule has 2 unspecified atom stereocenters. The van der Waals surface area contributed by atoms with E-state index < -0.39 is 8.07 Å². The summed E-state index contributed by atoms with van der Waals surface area (Å²) < 4.78 is 0. The Labute approximate surface area is 199 Å². The second-order valence-electron chi connectivity index (χ2n) is 10.4. The number of allylic oxidation sites excluding steroid dienone is 10. The van der Waals surface area contributed by atoms with Crippen LogP contribution in [-0.4, -0.2) is 8.07 Å². The molecule has 0 amide bonds. The predicted molar refractivity (Wildman–Crippen MR) is 147 cm³/mol. The Balaban J connectivity index is 1.56. The number of benzene rings is 2. The van der Waals surface area contributed by atoms with Crippen LogP contribution < -0.4 is 0 Å². The highest BCUT2D eigenvalue weighted by molar-refractivity contribution is 6.88. The Kier molecular flexibility index (Phi) is 4.42. The van der Waals surface area contributed by atoms with Crippen LogP contribution in [0.25, 0.3) is 23.3 Å². The van der Waals surface area contributed by atoms with E-state index in [0.29, 0.717) is 0 Å². The van der Waals surface area contributed by atoms with Crippen molar-refractivity contribution in [3.8, 4) is 0 Å². The van der Waals surface area contributed by atoms with Crippen molar-refractivity contribution in [2.75, 3.05) is 0 Å². The molecule has 33 heavy (non-hydrogen) atoms. The maximum atomic E-state index is 2.56. The zero-order valence-corrected chi connectivity index (χ0v) is 21.2. The van der Waals surface area contributed by atoms with Crippen molar-refractivity contribution in [1.82, 2.24) is 0 Å². The topological polar surface area (TPSA) is 0 Å². The molecule has 0 fully saturated rings. The van der Waals surface area contributed by atoms with Gasteiger partial charge in [0, 0.05) is 10.1 Å². The van der Waals surface area contributed by atoms with Crippen LogP contribution in [0.1, 0.15) is 49.9 Å². The van der Waals surface area contributed by atoms with Gasteiger partial charge in [0.15, 0.2) is 0 Å². The van der Waals surface area contributed by atoms with E-state index in [4.69, 9.17) is 0 Å². The number of rotatable bonds is 4. The molecule has 0 heterocycles. The second-order valence-corrected chi connectivity index (χ2v) is 16.0. The molecule has 6 rings (SSSR count). The van der Waals surface area contributed by atoms with Crippen LogP contribution in [-0.2, 0) is 0 Å². The average Bonchev–Trinajstić information content (AvgIpc) is 3.41. The lowest BCUT2D eigenvalue weighted by atomic mass is 9.87. The molecule has 0 bridgehead atoms. The molecule has 0 saturated heterocycles. The first-order chi connectivity index (χ1) is 16.0. The summed E-state index contributed by atoms with van der Waals surface area (Å²) in [6.07, 6.45) is 19.5. The molecule has 0 saturated carbocycles. The molecule has 0 nitrogen and oxygen atoms in total. The second kappa shape index (κ2) is 7.05. The fourth-order valence-electron chi connectivity index (χ4n) is 7.66. The van der Waals surface area contributed by atoms with Gasteiger partial charge >= 0.3 is 0 Å². The monoisotopic (exact) mass is 444 g/mol. The smallest absolute Gasteiger partial charge is 0.0769 e. The molecule has 0 aromatic heterocycles. The van der Waals surface area contributed by atoms with Crippen molar-refractivity contribution in [1.29, 1.82) is 0 Å². The number of hydrogen-bond donors (Lipinski definition) is 0. The standard InChI is InChI=1S/C32H32Si/c1-5-33(6-2,31(3)19-11-17-27-25-15-9-7-13-23(25)21-29(27)31)32(4)20-12-18-28-26-16-10-8-14-24(26)22-30(28)32/h7-22H,5-6H2,1-4H3. The SMILES string of the molecule is CC[Si](CC)(C1(C)C=CC=C2C1=Cc1ccccc12)C1(C)C=CC=C2C1=Cc1ccccc12. The normalized spacial score (nSPS) is 26.5. The maximum Gasteiger partial charge on any atom is 0.0838 e. The van der Waals surface area contributed by atoms with Crippen LogP contribution in [0.5, 0.6) is 0 Å². The van der Waals surface area contributed by atoms with Crippen molar-refractivity contribution in [2.45, 2.75) is 49.9 Å². The van der Waals surface area contributed by atoms with E-state index in [1.165, 1.54) is 45.5 Å². The van der Waals surface area contributed by atoms with Gasteiger partial charge < -0.3 is 0 Å². The van der Waals surface area contributed by atoms with Gasteiger partial charge in [-0.1, -0.05) is 125 Å². The van der Waals surface area contributed by atoms with E-state index in [1.807, 2.05) is 0 Å². The molecule has 4 aliphatic rings. The van der Waals surface area contributed by atoms with Crippen molar-refractivity contribution >= 4 is 31.4 Å². The fourth-order valence-corrected chi connectivity index (χ4v) is 14.4. The molecular formula is C32H32Si. The fraction of sp³-hybridized carbons (Fsp3) is 0.250. The van der Waals surface area contributed by atoms with Crippen LogP contribution in [0, 0.1) is 0 Å². The third-order valence-corrected chi connectivity index (χ3v) is 16.6. The summed E-state index contributed by atoms with van der Waals surface area (Å²) in [6, 6.07) is 20.3. The zero-order chi connectivity index (χ0) is 22.8. The Bertz CT molecular complexity index is 1250. The van der Waals surface area contributed by atoms with E-state index in [9.17, 15) is 0 Å². The first-order valence-electron chi connectivity index (χ1n) is 12.4. The van der Waals surface area contributed by atoms with Crippen LogP contribution in [0.3, 0.4) is 0 Å². The minimum absolute atomic E-state index is 0.0523. The molecular weight excluding hydrogens is 412 g/mol. The third kappa shape index (κ3) is 2.46. The highest BCUT2D eigenvalue weighted by atomic mass is 28.3. The van der Waals surface area contributed by atoms with Crippen LogP contribution >= 0.6 is 0 Å². The molecule has 2 atom stereocenters. The summed E-state index contributed by atoms with van der Waals surface area (Å²) in [6.45, 7) is 10.1. The lowest BCUT2D eigenvalue weighted by Gasteiger charge is -2.57. The van der Waals surface area contributed by atoms with E-state index in [0.717, 1.165) is 0 Å². The largest absolute Gasteiger partial charge is 0.0838 e. The quantitative estimate of drug-likeness (QED) is 0.412. The summed E-state index contributed by atoms with van der Waals surface area (Å²) >= 11 is 0. The van der Waals surface area contributed by atoms with Gasteiger partial charge in [-0.15, -0.1) is 0 Å². The molecule has 1 heteroatoms. The van der Waals surface area contributed by atoms with Gasteiger partial charge in [-0.25, -0.2) is 0 Å². The van der Waals surface area contributed by atoms with Gasteiger partial charge in [0.05, 0.1) is 8.07 Å². The lowest BCUT2D eigenvalue weighted by Crippen LogP contribution is -2.55. The molecule has 0 N–H and O–H groups in total. The van der Waals surface area contributed by atoms with Crippen LogP contribution in [0.15, 0.2) is 96.1 Å². The van der Waals surface area contributed by atoms with Gasteiger partial charge in [-0.05, 0) is 56.7 Å². The van der Waals surface area contributed by atoms with Gasteiger partial charge in [0.25, 0.3) is 0 Å². The van der Waals surface area contributed by atoms with Gasteiger partial charge in [-0.3, -0.25) is 0 Å². The molecule has 164 valence electrons. The molecule has 0 aliphatic heterocycles. The van der Waals surface area contributed by atoms with E-state index in [-0.39, 0.29) is 10.1 Å². The van der Waals surface area contributed by atoms with Crippen LogP contribution in [0.2, 0.25) is 22.2 Å². The summed E-state index contributed by atoms with van der Waals surface area (Å²) in [5.41, 5.74) is 11.5. The van der Waals surface area contributed by atoms with E-state index in [1.54, 1.807) is 11.1 Å². The van der Waals surface area contributed by atoms with Crippen molar-refractivity contribution in [3.05, 3.63) is 118 Å². The first-order valence-corrected chi connectivity index (χ1v) is 14.8. The highest BCUT2D eigenvalue weighted by Crippen LogP contribution is 2.70. The minimum atomic E-state index is -2.03. The molecule has 0 spiro atoms. The summed E-state index contributed by atoms with van der Waals surface area (Å²) in [5, 5.41) is 0.105. The zero-order valence-electron chi connectivity index (χ0n) is 20.2. The lowest BCUT2D eigenvalue weighted by molar-refractivity contribution is 0.737. The van der Waals surface area contributed by atoms with Crippen molar-refractivity contribution in [2.24, 2.45) is 0 Å². The summed E-state index contributed by atoms with van der Waals surface area (Å²) in [4.78, 5) is 0. The molecule has 2 aromatic carbocycles. The van der Waals surface area contributed by atoms with Gasteiger partial charge in [0.1, 0.15) is 0 Å². The molecule has 0 radical (unpaired) electrons. The molecule has 2 aromatic rings. The Morgan fingerprint density at radius 2 is 1.06 bits per heavy atom.